The first-order valence-electron chi connectivity index (χ1n) is 7.92. The van der Waals surface area contributed by atoms with Gasteiger partial charge in [-0.15, -0.1) is 0 Å². The molecule has 23 heavy (non-hydrogen) atoms. The predicted molar refractivity (Wildman–Crippen MR) is 92.9 cm³/mol. The molecule has 118 valence electrons. The summed E-state index contributed by atoms with van der Waals surface area (Å²) >= 11 is 0. The van der Waals surface area contributed by atoms with E-state index in [-0.39, 0.29) is 0 Å². The first-order chi connectivity index (χ1) is 11.2. The lowest BCUT2D eigenvalue weighted by Crippen LogP contribution is -2.23. The van der Waals surface area contributed by atoms with Gasteiger partial charge in [0.25, 0.3) is 0 Å². The number of anilines is 1. The second-order valence-electron chi connectivity index (χ2n) is 5.36. The van der Waals surface area contributed by atoms with E-state index in [1.165, 1.54) is 0 Å². The highest BCUT2D eigenvalue weighted by Crippen LogP contribution is 2.24. The summed E-state index contributed by atoms with van der Waals surface area (Å²) in [5, 5.41) is 4.62. The van der Waals surface area contributed by atoms with E-state index in [0.717, 1.165) is 41.7 Å². The molecule has 0 aliphatic heterocycles. The maximum absolute atomic E-state index is 4.62. The molecule has 2 heterocycles. The summed E-state index contributed by atoms with van der Waals surface area (Å²) in [7, 11) is 0. The smallest absolute Gasteiger partial charge is 0.159 e. The van der Waals surface area contributed by atoms with Crippen molar-refractivity contribution in [3.05, 3.63) is 54.5 Å². The number of hydrogen-bond acceptors (Lipinski definition) is 4. The van der Waals surface area contributed by atoms with Gasteiger partial charge >= 0.3 is 0 Å². The number of benzene rings is 1. The second kappa shape index (κ2) is 6.60. The first-order valence-corrected chi connectivity index (χ1v) is 7.92. The molecule has 1 aromatic carbocycles. The minimum absolute atomic E-state index is 0.786. The van der Waals surface area contributed by atoms with Crippen LogP contribution in [0.1, 0.15) is 19.5 Å². The third-order valence-corrected chi connectivity index (χ3v) is 3.84. The monoisotopic (exact) mass is 307 g/mol. The molecule has 0 saturated heterocycles. The molecule has 0 aliphatic rings. The maximum Gasteiger partial charge on any atom is 0.159 e. The van der Waals surface area contributed by atoms with Crippen LogP contribution in [0, 0.1) is 6.92 Å². The number of nitrogens with zero attached hydrogens (tertiary/aromatic N) is 5. The van der Waals surface area contributed by atoms with Crippen LogP contribution in [0.15, 0.2) is 48.8 Å². The Hall–Kier alpha value is -2.69. The summed E-state index contributed by atoms with van der Waals surface area (Å²) < 4.78 is 1.89. The van der Waals surface area contributed by atoms with Gasteiger partial charge in [-0.25, -0.2) is 14.6 Å². The van der Waals surface area contributed by atoms with Crippen molar-refractivity contribution in [2.75, 3.05) is 18.0 Å². The van der Waals surface area contributed by atoms with Gasteiger partial charge in [-0.2, -0.15) is 5.10 Å². The zero-order valence-electron chi connectivity index (χ0n) is 13.8. The Morgan fingerprint density at radius 1 is 1.00 bits per heavy atom. The summed E-state index contributed by atoms with van der Waals surface area (Å²) in [5.41, 5.74) is 3.12. The van der Waals surface area contributed by atoms with E-state index in [1.807, 2.05) is 35.9 Å². The Bertz CT molecular complexity index is 775. The van der Waals surface area contributed by atoms with Gasteiger partial charge in [-0.3, -0.25) is 0 Å². The standard InChI is InChI=1S/C18H21N5/c1-4-22(5-2)17-12-18(20-13-19-17)23-16(11-14(3)21-23)15-9-7-6-8-10-15/h6-13H,4-5H2,1-3H3. The quantitative estimate of drug-likeness (QED) is 0.724. The van der Waals surface area contributed by atoms with E-state index in [0.29, 0.717) is 0 Å². The van der Waals surface area contributed by atoms with Crippen molar-refractivity contribution in [3.63, 3.8) is 0 Å². The van der Waals surface area contributed by atoms with E-state index >= 15 is 0 Å². The molecule has 0 saturated carbocycles. The molecule has 0 fully saturated rings. The molecular weight excluding hydrogens is 286 g/mol. The van der Waals surface area contributed by atoms with Gasteiger partial charge in [0.05, 0.1) is 11.4 Å². The largest absolute Gasteiger partial charge is 0.357 e. The number of aryl methyl sites for hydroxylation is 1. The van der Waals surface area contributed by atoms with E-state index < -0.39 is 0 Å². The minimum Gasteiger partial charge on any atom is -0.357 e. The fraction of sp³-hybridized carbons (Fsp3) is 0.278. The van der Waals surface area contributed by atoms with Crippen molar-refractivity contribution in [3.8, 4) is 17.1 Å². The fourth-order valence-electron chi connectivity index (χ4n) is 2.66. The zero-order chi connectivity index (χ0) is 16.2. The van der Waals surface area contributed by atoms with Gasteiger partial charge in [0.15, 0.2) is 5.82 Å². The van der Waals surface area contributed by atoms with E-state index in [2.05, 4.69) is 52.0 Å². The van der Waals surface area contributed by atoms with Gasteiger partial charge < -0.3 is 4.90 Å². The normalized spacial score (nSPS) is 10.7. The summed E-state index contributed by atoms with van der Waals surface area (Å²) in [6.07, 6.45) is 1.61. The SMILES string of the molecule is CCN(CC)c1cc(-n2nc(C)cc2-c2ccccc2)ncn1. The van der Waals surface area contributed by atoms with Crippen LogP contribution >= 0.6 is 0 Å². The predicted octanol–water partition coefficient (Wildman–Crippen LogP) is 3.48. The van der Waals surface area contributed by atoms with Crippen LogP contribution in [0.5, 0.6) is 0 Å². The molecule has 2 aromatic heterocycles. The van der Waals surface area contributed by atoms with Crippen molar-refractivity contribution >= 4 is 5.82 Å². The van der Waals surface area contributed by atoms with Crippen molar-refractivity contribution < 1.29 is 0 Å². The van der Waals surface area contributed by atoms with Crippen molar-refractivity contribution in [2.45, 2.75) is 20.8 Å². The lowest BCUT2D eigenvalue weighted by molar-refractivity contribution is 0.808. The molecule has 0 spiro atoms. The summed E-state index contributed by atoms with van der Waals surface area (Å²) in [4.78, 5) is 11.0. The molecular formula is C18H21N5. The Morgan fingerprint density at radius 3 is 2.43 bits per heavy atom. The van der Waals surface area contributed by atoms with Gasteiger partial charge in [-0.1, -0.05) is 30.3 Å². The van der Waals surface area contributed by atoms with Gasteiger partial charge in [0.2, 0.25) is 0 Å². The molecule has 3 rings (SSSR count). The maximum atomic E-state index is 4.62. The summed E-state index contributed by atoms with van der Waals surface area (Å²) in [6, 6.07) is 14.3. The van der Waals surface area contributed by atoms with E-state index in [1.54, 1.807) is 6.33 Å². The first kappa shape index (κ1) is 15.2. The summed E-state index contributed by atoms with van der Waals surface area (Å²) in [5.74, 6) is 1.71. The molecule has 3 aromatic rings. The molecule has 0 N–H and O–H groups in total. The van der Waals surface area contributed by atoms with Crippen LogP contribution in [-0.4, -0.2) is 32.8 Å². The topological polar surface area (TPSA) is 46.8 Å². The molecule has 0 atom stereocenters. The third kappa shape index (κ3) is 3.08. The van der Waals surface area contributed by atoms with Gasteiger partial charge in [0, 0.05) is 24.7 Å². The second-order valence-corrected chi connectivity index (χ2v) is 5.36. The lowest BCUT2D eigenvalue weighted by Gasteiger charge is -2.19. The fourth-order valence-corrected chi connectivity index (χ4v) is 2.66. The average molecular weight is 307 g/mol. The number of hydrogen-bond donors (Lipinski definition) is 0. The molecule has 0 radical (unpaired) electrons. The lowest BCUT2D eigenvalue weighted by atomic mass is 10.1. The average Bonchev–Trinajstić information content (AvgIpc) is 2.99. The Morgan fingerprint density at radius 2 is 1.74 bits per heavy atom. The van der Waals surface area contributed by atoms with Crippen LogP contribution in [-0.2, 0) is 0 Å². The number of aromatic nitrogens is 4. The highest BCUT2D eigenvalue weighted by atomic mass is 15.3. The highest BCUT2D eigenvalue weighted by Gasteiger charge is 2.12. The van der Waals surface area contributed by atoms with Crippen LogP contribution in [0.25, 0.3) is 17.1 Å². The molecule has 0 unspecified atom stereocenters. The van der Waals surface area contributed by atoms with Crippen LogP contribution in [0.2, 0.25) is 0 Å². The Kier molecular flexibility index (Phi) is 4.37. The van der Waals surface area contributed by atoms with Gasteiger partial charge in [0.1, 0.15) is 12.1 Å². The van der Waals surface area contributed by atoms with Gasteiger partial charge in [-0.05, 0) is 26.8 Å². The molecule has 0 amide bonds. The zero-order valence-corrected chi connectivity index (χ0v) is 13.8. The molecule has 5 heteroatoms. The molecule has 0 bridgehead atoms. The third-order valence-electron chi connectivity index (χ3n) is 3.84. The van der Waals surface area contributed by atoms with Crippen molar-refractivity contribution in [1.82, 2.24) is 19.7 Å². The van der Waals surface area contributed by atoms with Crippen molar-refractivity contribution in [2.24, 2.45) is 0 Å². The summed E-state index contributed by atoms with van der Waals surface area (Å²) in [6.45, 7) is 8.07. The Labute approximate surface area is 136 Å². The Balaban J connectivity index is 2.08. The van der Waals surface area contributed by atoms with E-state index in [9.17, 15) is 0 Å². The van der Waals surface area contributed by atoms with E-state index in [4.69, 9.17) is 0 Å². The van der Waals surface area contributed by atoms with Crippen molar-refractivity contribution in [1.29, 1.82) is 0 Å². The molecule has 5 nitrogen and oxygen atoms in total. The minimum atomic E-state index is 0.786. The molecule has 0 aliphatic carbocycles. The van der Waals surface area contributed by atoms with Crippen LogP contribution in [0.4, 0.5) is 5.82 Å². The van der Waals surface area contributed by atoms with Crippen LogP contribution < -0.4 is 4.90 Å². The van der Waals surface area contributed by atoms with Crippen LogP contribution in [0.3, 0.4) is 0 Å². The number of rotatable bonds is 5. The highest BCUT2D eigenvalue weighted by molar-refractivity contribution is 5.62.